The first kappa shape index (κ1) is 16.0. The number of rotatable bonds is 1. The molecule has 0 fully saturated rings. The molecule has 0 aromatic heterocycles. The van der Waals surface area contributed by atoms with Crippen molar-refractivity contribution in [3.63, 3.8) is 0 Å². The molecule has 2 aliphatic rings. The molecule has 2 aromatic rings. The summed E-state index contributed by atoms with van der Waals surface area (Å²) in [7, 11) is 1.43. The summed E-state index contributed by atoms with van der Waals surface area (Å²) in [5.74, 6) is -2.84. The van der Waals surface area contributed by atoms with E-state index in [0.717, 1.165) is 0 Å². The molecule has 0 bridgehead atoms. The molecule has 1 unspecified atom stereocenters. The normalized spacial score (nSPS) is 20.6. The van der Waals surface area contributed by atoms with Crippen LogP contribution in [0.25, 0.3) is 0 Å². The Balaban J connectivity index is 1.97. The third-order valence-electron chi connectivity index (χ3n) is 5.00. The fourth-order valence-electron chi connectivity index (χ4n) is 3.65. The van der Waals surface area contributed by atoms with Gasteiger partial charge in [-0.1, -0.05) is 12.1 Å². The molecule has 0 heterocycles. The van der Waals surface area contributed by atoms with Gasteiger partial charge in [0.15, 0.2) is 11.6 Å². The standard InChI is InChI=1S/C19H16O6/c1-25-14-4-2-3-10-16(14)18(22)11-7-9-5-6-15(20)19(23,24)13(9)8-12(11)17(10)21/h2-4,7-8,15,20,23-24H,5-6H2,1H3. The number of hydrogen-bond donors (Lipinski definition) is 3. The van der Waals surface area contributed by atoms with Crippen molar-refractivity contribution in [1.29, 1.82) is 0 Å². The van der Waals surface area contributed by atoms with Gasteiger partial charge >= 0.3 is 0 Å². The van der Waals surface area contributed by atoms with E-state index in [0.29, 0.717) is 17.7 Å². The van der Waals surface area contributed by atoms with E-state index in [2.05, 4.69) is 0 Å². The molecule has 3 N–H and O–H groups in total. The minimum atomic E-state index is -2.44. The van der Waals surface area contributed by atoms with Crippen molar-refractivity contribution >= 4 is 11.6 Å². The molecule has 0 saturated carbocycles. The molecule has 0 saturated heterocycles. The third-order valence-corrected chi connectivity index (χ3v) is 5.00. The average Bonchev–Trinajstić information content (AvgIpc) is 2.61. The Bertz CT molecular complexity index is 928. The molecule has 128 valence electrons. The zero-order valence-corrected chi connectivity index (χ0v) is 13.4. The quantitative estimate of drug-likeness (QED) is 0.569. The number of aryl methyl sites for hydroxylation is 1. The maximum absolute atomic E-state index is 12.9. The van der Waals surface area contributed by atoms with Crippen molar-refractivity contribution in [2.45, 2.75) is 24.7 Å². The summed E-state index contributed by atoms with van der Waals surface area (Å²) in [4.78, 5) is 25.8. The number of carbonyl (C=O) groups excluding carboxylic acids is 2. The summed E-state index contributed by atoms with van der Waals surface area (Å²) in [5, 5.41) is 30.3. The highest BCUT2D eigenvalue weighted by Gasteiger charge is 2.43. The monoisotopic (exact) mass is 340 g/mol. The van der Waals surface area contributed by atoms with Crippen molar-refractivity contribution in [2.75, 3.05) is 7.11 Å². The predicted molar refractivity (Wildman–Crippen MR) is 86.7 cm³/mol. The van der Waals surface area contributed by atoms with Crippen LogP contribution in [0.3, 0.4) is 0 Å². The van der Waals surface area contributed by atoms with Gasteiger partial charge in [-0.05, 0) is 36.6 Å². The Kier molecular flexibility index (Phi) is 3.34. The second-order valence-corrected chi connectivity index (χ2v) is 6.38. The number of carbonyl (C=O) groups is 2. The van der Waals surface area contributed by atoms with Gasteiger partial charge in [-0.15, -0.1) is 0 Å². The van der Waals surface area contributed by atoms with Crippen LogP contribution in [-0.2, 0) is 12.2 Å². The summed E-state index contributed by atoms with van der Waals surface area (Å²) in [5.41, 5.74) is 1.36. The fraction of sp³-hybridized carbons (Fsp3) is 0.263. The SMILES string of the molecule is COc1cccc2c1C(=O)c1cc3c(cc1C2=O)C(O)(O)C(O)CC3. The molecular formula is C19H16O6. The van der Waals surface area contributed by atoms with Crippen LogP contribution in [0.4, 0.5) is 0 Å². The smallest absolute Gasteiger partial charge is 0.217 e. The molecule has 0 spiro atoms. The summed E-state index contributed by atoms with van der Waals surface area (Å²) >= 11 is 0. The Morgan fingerprint density at radius 1 is 1.08 bits per heavy atom. The molecule has 4 rings (SSSR count). The van der Waals surface area contributed by atoms with E-state index in [1.165, 1.54) is 19.2 Å². The second-order valence-electron chi connectivity index (χ2n) is 6.38. The number of aliphatic hydroxyl groups is 3. The zero-order chi connectivity index (χ0) is 17.9. The minimum Gasteiger partial charge on any atom is -0.496 e. The number of hydrogen-bond acceptors (Lipinski definition) is 6. The first-order chi connectivity index (χ1) is 11.9. The predicted octanol–water partition coefficient (Wildman–Crippen LogP) is 0.915. The number of methoxy groups -OCH3 is 1. The molecular weight excluding hydrogens is 324 g/mol. The van der Waals surface area contributed by atoms with Gasteiger partial charge in [0, 0.05) is 22.3 Å². The Hall–Kier alpha value is -2.54. The van der Waals surface area contributed by atoms with Crippen LogP contribution in [-0.4, -0.2) is 40.1 Å². The highest BCUT2D eigenvalue weighted by molar-refractivity contribution is 6.29. The highest BCUT2D eigenvalue weighted by atomic mass is 16.5. The number of ketones is 2. The van der Waals surface area contributed by atoms with Gasteiger partial charge in [0.1, 0.15) is 11.9 Å². The van der Waals surface area contributed by atoms with Crippen molar-refractivity contribution in [2.24, 2.45) is 0 Å². The molecule has 0 amide bonds. The maximum Gasteiger partial charge on any atom is 0.217 e. The number of fused-ring (bicyclic) bond motifs is 3. The molecule has 2 aromatic carbocycles. The molecule has 1 atom stereocenters. The molecule has 0 aliphatic heterocycles. The van der Waals surface area contributed by atoms with Crippen LogP contribution in [0.15, 0.2) is 30.3 Å². The van der Waals surface area contributed by atoms with Crippen molar-refractivity contribution in [3.8, 4) is 5.75 Å². The lowest BCUT2D eigenvalue weighted by Gasteiger charge is -2.35. The molecule has 25 heavy (non-hydrogen) atoms. The molecule has 6 heteroatoms. The van der Waals surface area contributed by atoms with E-state index >= 15 is 0 Å². The van der Waals surface area contributed by atoms with E-state index < -0.39 is 11.9 Å². The lowest BCUT2D eigenvalue weighted by molar-refractivity contribution is -0.240. The van der Waals surface area contributed by atoms with Crippen LogP contribution in [0.2, 0.25) is 0 Å². The van der Waals surface area contributed by atoms with Crippen molar-refractivity contribution < 1.29 is 29.6 Å². The lowest BCUT2D eigenvalue weighted by atomic mass is 9.77. The van der Waals surface area contributed by atoms with Gasteiger partial charge in [0.05, 0.1) is 12.7 Å². The highest BCUT2D eigenvalue weighted by Crippen LogP contribution is 2.39. The van der Waals surface area contributed by atoms with Gasteiger partial charge in [0.25, 0.3) is 0 Å². The second kappa shape index (κ2) is 5.23. The first-order valence-corrected chi connectivity index (χ1v) is 7.93. The fourth-order valence-corrected chi connectivity index (χ4v) is 3.65. The van der Waals surface area contributed by atoms with Crippen LogP contribution in [0.5, 0.6) is 5.75 Å². The van der Waals surface area contributed by atoms with E-state index in [-0.39, 0.29) is 45.8 Å². The summed E-state index contributed by atoms with van der Waals surface area (Å²) in [6.45, 7) is 0. The lowest BCUT2D eigenvalue weighted by Crippen LogP contribution is -2.43. The average molecular weight is 340 g/mol. The molecule has 2 aliphatic carbocycles. The summed E-state index contributed by atoms with van der Waals surface area (Å²) in [6.07, 6.45) is -0.812. The van der Waals surface area contributed by atoms with Crippen molar-refractivity contribution in [1.82, 2.24) is 0 Å². The zero-order valence-electron chi connectivity index (χ0n) is 13.4. The third kappa shape index (κ3) is 2.08. The van der Waals surface area contributed by atoms with Gasteiger partial charge < -0.3 is 20.1 Å². The van der Waals surface area contributed by atoms with Gasteiger partial charge in [-0.3, -0.25) is 9.59 Å². The Morgan fingerprint density at radius 3 is 2.52 bits per heavy atom. The van der Waals surface area contributed by atoms with Crippen LogP contribution in [0, 0.1) is 0 Å². The van der Waals surface area contributed by atoms with E-state index in [1.54, 1.807) is 18.2 Å². The summed E-state index contributed by atoms with van der Waals surface area (Å²) in [6, 6.07) is 7.62. The van der Waals surface area contributed by atoms with Crippen LogP contribution >= 0.6 is 0 Å². The topological polar surface area (TPSA) is 104 Å². The Labute approximate surface area is 143 Å². The largest absolute Gasteiger partial charge is 0.496 e. The number of ether oxygens (including phenoxy) is 1. The van der Waals surface area contributed by atoms with E-state index in [4.69, 9.17) is 4.74 Å². The minimum absolute atomic E-state index is 0.0671. The first-order valence-electron chi connectivity index (χ1n) is 7.93. The van der Waals surface area contributed by atoms with Crippen LogP contribution in [0.1, 0.15) is 49.4 Å². The van der Waals surface area contributed by atoms with Crippen LogP contribution < -0.4 is 4.74 Å². The molecule has 6 nitrogen and oxygen atoms in total. The Morgan fingerprint density at radius 2 is 1.80 bits per heavy atom. The van der Waals surface area contributed by atoms with E-state index in [9.17, 15) is 24.9 Å². The number of aliphatic hydroxyl groups excluding tert-OH is 1. The maximum atomic E-state index is 12.9. The van der Waals surface area contributed by atoms with Gasteiger partial charge in [0.2, 0.25) is 5.79 Å². The molecule has 0 radical (unpaired) electrons. The number of benzene rings is 2. The van der Waals surface area contributed by atoms with Gasteiger partial charge in [-0.2, -0.15) is 0 Å². The van der Waals surface area contributed by atoms with Crippen molar-refractivity contribution in [3.05, 3.63) is 63.7 Å². The van der Waals surface area contributed by atoms with Gasteiger partial charge in [-0.25, -0.2) is 0 Å². The summed E-state index contributed by atoms with van der Waals surface area (Å²) < 4.78 is 5.22. The van der Waals surface area contributed by atoms with E-state index in [1.807, 2.05) is 0 Å².